The SMILES string of the molecule is O=C1CCC(NCc2ccc3cc[nH]c3c2)CN1. The molecule has 3 N–H and O–H groups in total. The van der Waals surface area contributed by atoms with Crippen LogP contribution in [-0.4, -0.2) is 23.5 Å². The van der Waals surface area contributed by atoms with Gasteiger partial charge in [-0.05, 0) is 29.5 Å². The van der Waals surface area contributed by atoms with E-state index in [1.165, 1.54) is 16.5 Å². The number of rotatable bonds is 3. The van der Waals surface area contributed by atoms with E-state index in [9.17, 15) is 4.79 Å². The molecule has 0 saturated carbocycles. The summed E-state index contributed by atoms with van der Waals surface area (Å²) in [5.41, 5.74) is 2.44. The largest absolute Gasteiger partial charge is 0.361 e. The maximum atomic E-state index is 11.1. The zero-order valence-corrected chi connectivity index (χ0v) is 10.2. The van der Waals surface area contributed by atoms with Gasteiger partial charge in [-0.1, -0.05) is 12.1 Å². The zero-order chi connectivity index (χ0) is 12.4. The molecule has 0 bridgehead atoms. The van der Waals surface area contributed by atoms with E-state index in [1.807, 2.05) is 6.20 Å². The van der Waals surface area contributed by atoms with E-state index < -0.39 is 0 Å². The second kappa shape index (κ2) is 4.82. The molecule has 3 rings (SSSR count). The molecule has 1 atom stereocenters. The van der Waals surface area contributed by atoms with Gasteiger partial charge in [-0.15, -0.1) is 0 Å². The average molecular weight is 243 g/mol. The Labute approximate surface area is 106 Å². The second-order valence-corrected chi connectivity index (χ2v) is 4.82. The van der Waals surface area contributed by atoms with Crippen molar-refractivity contribution < 1.29 is 4.79 Å². The van der Waals surface area contributed by atoms with Gasteiger partial charge in [-0.2, -0.15) is 0 Å². The van der Waals surface area contributed by atoms with E-state index in [-0.39, 0.29) is 5.91 Å². The fourth-order valence-corrected chi connectivity index (χ4v) is 2.37. The van der Waals surface area contributed by atoms with Gasteiger partial charge in [0.05, 0.1) is 0 Å². The summed E-state index contributed by atoms with van der Waals surface area (Å²) >= 11 is 0. The van der Waals surface area contributed by atoms with Gasteiger partial charge in [0.15, 0.2) is 0 Å². The van der Waals surface area contributed by atoms with Gasteiger partial charge in [0.25, 0.3) is 0 Å². The third kappa shape index (κ3) is 2.38. The lowest BCUT2D eigenvalue weighted by Crippen LogP contribution is -2.45. The van der Waals surface area contributed by atoms with E-state index in [0.29, 0.717) is 12.5 Å². The molecular weight excluding hydrogens is 226 g/mol. The molecule has 0 aliphatic carbocycles. The number of nitrogens with one attached hydrogen (secondary N) is 3. The summed E-state index contributed by atoms with van der Waals surface area (Å²) in [5.74, 6) is 0.167. The third-order valence-corrected chi connectivity index (χ3v) is 3.48. The molecule has 2 heterocycles. The molecule has 4 heteroatoms. The van der Waals surface area contributed by atoms with Gasteiger partial charge in [0, 0.05) is 37.3 Å². The van der Waals surface area contributed by atoms with Crippen molar-refractivity contribution in [3.8, 4) is 0 Å². The Hall–Kier alpha value is -1.81. The van der Waals surface area contributed by atoms with Crippen LogP contribution in [0.15, 0.2) is 30.5 Å². The van der Waals surface area contributed by atoms with Crippen LogP contribution in [0.2, 0.25) is 0 Å². The predicted molar refractivity (Wildman–Crippen MR) is 71.2 cm³/mol. The first kappa shape index (κ1) is 11.3. The summed E-state index contributed by atoms with van der Waals surface area (Å²) in [6, 6.07) is 8.91. The van der Waals surface area contributed by atoms with Crippen molar-refractivity contribution in [2.75, 3.05) is 6.54 Å². The Morgan fingerprint density at radius 2 is 2.28 bits per heavy atom. The molecule has 2 aromatic rings. The second-order valence-electron chi connectivity index (χ2n) is 4.82. The first-order valence-electron chi connectivity index (χ1n) is 6.37. The lowest BCUT2D eigenvalue weighted by atomic mass is 10.1. The van der Waals surface area contributed by atoms with Gasteiger partial charge < -0.3 is 15.6 Å². The van der Waals surface area contributed by atoms with Crippen LogP contribution in [0, 0.1) is 0 Å². The van der Waals surface area contributed by atoms with E-state index >= 15 is 0 Å². The molecule has 1 saturated heterocycles. The van der Waals surface area contributed by atoms with Crippen molar-refractivity contribution in [1.29, 1.82) is 0 Å². The number of piperidine rings is 1. The number of carbonyl (C=O) groups excluding carboxylic acids is 1. The van der Waals surface area contributed by atoms with Crippen molar-refractivity contribution >= 4 is 16.8 Å². The Morgan fingerprint density at radius 1 is 1.33 bits per heavy atom. The Morgan fingerprint density at radius 3 is 3.11 bits per heavy atom. The summed E-state index contributed by atoms with van der Waals surface area (Å²) < 4.78 is 0. The number of H-pyrrole nitrogens is 1. The number of aromatic nitrogens is 1. The molecule has 18 heavy (non-hydrogen) atoms. The van der Waals surface area contributed by atoms with Crippen molar-refractivity contribution in [2.45, 2.75) is 25.4 Å². The Balaban J connectivity index is 1.60. The maximum Gasteiger partial charge on any atom is 0.220 e. The highest BCUT2D eigenvalue weighted by atomic mass is 16.1. The minimum Gasteiger partial charge on any atom is -0.361 e. The van der Waals surface area contributed by atoms with E-state index in [4.69, 9.17) is 0 Å². The number of aromatic amines is 1. The molecule has 0 spiro atoms. The van der Waals surface area contributed by atoms with Crippen LogP contribution in [0.25, 0.3) is 10.9 Å². The van der Waals surface area contributed by atoms with Crippen LogP contribution in [0.1, 0.15) is 18.4 Å². The highest BCUT2D eigenvalue weighted by Gasteiger charge is 2.16. The molecule has 1 amide bonds. The van der Waals surface area contributed by atoms with Gasteiger partial charge in [0.2, 0.25) is 5.91 Å². The van der Waals surface area contributed by atoms with Crippen molar-refractivity contribution in [3.05, 3.63) is 36.0 Å². The topological polar surface area (TPSA) is 56.9 Å². The van der Waals surface area contributed by atoms with Crippen LogP contribution < -0.4 is 10.6 Å². The summed E-state index contributed by atoms with van der Waals surface area (Å²) in [4.78, 5) is 14.3. The fourth-order valence-electron chi connectivity index (χ4n) is 2.37. The van der Waals surface area contributed by atoms with Gasteiger partial charge >= 0.3 is 0 Å². The normalized spacial score (nSPS) is 20.0. The quantitative estimate of drug-likeness (QED) is 0.766. The molecular formula is C14H17N3O. The minimum atomic E-state index is 0.167. The molecule has 1 unspecified atom stereocenters. The summed E-state index contributed by atoms with van der Waals surface area (Å²) in [6.07, 6.45) is 3.52. The van der Waals surface area contributed by atoms with Gasteiger partial charge in [0.1, 0.15) is 0 Å². The third-order valence-electron chi connectivity index (χ3n) is 3.48. The predicted octanol–water partition coefficient (Wildman–Crippen LogP) is 1.54. The smallest absolute Gasteiger partial charge is 0.220 e. The minimum absolute atomic E-state index is 0.167. The number of fused-ring (bicyclic) bond motifs is 1. The molecule has 1 aliphatic rings. The number of carbonyl (C=O) groups is 1. The molecule has 94 valence electrons. The molecule has 1 aromatic carbocycles. The van der Waals surface area contributed by atoms with Crippen LogP contribution in [0.5, 0.6) is 0 Å². The van der Waals surface area contributed by atoms with Crippen molar-refractivity contribution in [2.24, 2.45) is 0 Å². The molecule has 1 fully saturated rings. The molecule has 4 nitrogen and oxygen atoms in total. The number of hydrogen-bond acceptors (Lipinski definition) is 2. The zero-order valence-electron chi connectivity index (χ0n) is 10.2. The maximum absolute atomic E-state index is 11.1. The summed E-state index contributed by atoms with van der Waals surface area (Å²) in [6.45, 7) is 1.58. The van der Waals surface area contributed by atoms with Crippen LogP contribution in [0.3, 0.4) is 0 Å². The summed E-state index contributed by atoms with van der Waals surface area (Å²) in [5, 5.41) is 7.61. The number of hydrogen-bond donors (Lipinski definition) is 3. The monoisotopic (exact) mass is 243 g/mol. The summed E-state index contributed by atoms with van der Waals surface area (Å²) in [7, 11) is 0. The standard InChI is InChI=1S/C14H17N3O/c18-14-4-3-12(9-17-14)16-8-10-1-2-11-5-6-15-13(11)7-10/h1-2,5-7,12,15-16H,3-4,8-9H2,(H,17,18). The van der Waals surface area contributed by atoms with Crippen LogP contribution >= 0.6 is 0 Å². The fraction of sp³-hybridized carbons (Fsp3) is 0.357. The highest BCUT2D eigenvalue weighted by molar-refractivity contribution is 5.79. The molecule has 1 aliphatic heterocycles. The van der Waals surface area contributed by atoms with Gasteiger partial charge in [-0.3, -0.25) is 4.79 Å². The first-order chi connectivity index (χ1) is 8.81. The first-order valence-corrected chi connectivity index (χ1v) is 6.37. The highest BCUT2D eigenvalue weighted by Crippen LogP contribution is 2.14. The van der Waals surface area contributed by atoms with E-state index in [1.54, 1.807) is 0 Å². The van der Waals surface area contributed by atoms with E-state index in [2.05, 4.69) is 39.9 Å². The van der Waals surface area contributed by atoms with Crippen molar-refractivity contribution in [1.82, 2.24) is 15.6 Å². The lowest BCUT2D eigenvalue weighted by Gasteiger charge is -2.23. The van der Waals surface area contributed by atoms with Crippen LogP contribution in [-0.2, 0) is 11.3 Å². The number of benzene rings is 1. The molecule has 1 aromatic heterocycles. The number of amides is 1. The molecule has 0 radical (unpaired) electrons. The van der Waals surface area contributed by atoms with E-state index in [0.717, 1.165) is 19.5 Å². The van der Waals surface area contributed by atoms with Crippen LogP contribution in [0.4, 0.5) is 0 Å². The Kier molecular flexibility index (Phi) is 3.02. The Bertz CT molecular complexity index is 551. The van der Waals surface area contributed by atoms with Gasteiger partial charge in [-0.25, -0.2) is 0 Å². The van der Waals surface area contributed by atoms with Crippen molar-refractivity contribution in [3.63, 3.8) is 0 Å². The average Bonchev–Trinajstić information content (AvgIpc) is 2.85. The lowest BCUT2D eigenvalue weighted by molar-refractivity contribution is -0.122.